The maximum absolute atomic E-state index is 13.7. The molecular formula is C12H10ClF5N4. The molecule has 0 bridgehead atoms. The number of rotatable bonds is 1. The second-order valence-electron chi connectivity index (χ2n) is 5.41. The van der Waals surface area contributed by atoms with E-state index in [0.29, 0.717) is 0 Å². The normalized spacial score (nSPS) is 25.5. The van der Waals surface area contributed by atoms with Crippen LogP contribution in [0.2, 0.25) is 5.15 Å². The summed E-state index contributed by atoms with van der Waals surface area (Å²) in [5.74, 6) is -6.46. The fraction of sp³-hybridized carbons (Fsp3) is 0.583. The first-order valence-corrected chi connectivity index (χ1v) is 6.85. The molecule has 0 N–H and O–H groups in total. The van der Waals surface area contributed by atoms with Crippen molar-refractivity contribution in [1.29, 1.82) is 0 Å². The number of hydrogen-bond acceptors (Lipinski definition) is 3. The van der Waals surface area contributed by atoms with Crippen molar-refractivity contribution in [1.82, 2.24) is 19.6 Å². The largest absolute Gasteiger partial charge is 0.392 e. The first kappa shape index (κ1) is 15.4. The lowest BCUT2D eigenvalue weighted by atomic mass is 9.78. The molecule has 0 aromatic carbocycles. The fourth-order valence-electron chi connectivity index (χ4n) is 2.85. The second kappa shape index (κ2) is 5.00. The quantitative estimate of drug-likeness (QED) is 0.740. The molecule has 1 fully saturated rings. The zero-order chi connectivity index (χ0) is 16.1. The smallest absolute Gasteiger partial charge is 0.282 e. The Hall–Kier alpha value is -1.51. The molecule has 4 nitrogen and oxygen atoms in total. The third kappa shape index (κ3) is 2.73. The standard InChI is InChI=1S/C12H10ClF5N4/c13-8-10-21-20-9(22(10)2-1-19-8)6-3-7(12(16,17)18)5-11(14,15)4-6/h1-2,6-7H,3-5H2. The summed E-state index contributed by atoms with van der Waals surface area (Å²) in [4.78, 5) is 3.76. The van der Waals surface area contributed by atoms with Crippen LogP contribution in [-0.4, -0.2) is 31.7 Å². The van der Waals surface area contributed by atoms with E-state index >= 15 is 0 Å². The summed E-state index contributed by atoms with van der Waals surface area (Å²) < 4.78 is 67.3. The molecule has 2 aromatic rings. The third-order valence-corrected chi connectivity index (χ3v) is 4.06. The lowest BCUT2D eigenvalue weighted by Crippen LogP contribution is -2.38. The van der Waals surface area contributed by atoms with Gasteiger partial charge in [0, 0.05) is 31.2 Å². The average Bonchev–Trinajstić information content (AvgIpc) is 2.81. The van der Waals surface area contributed by atoms with E-state index < -0.39 is 43.2 Å². The average molecular weight is 341 g/mol. The SMILES string of the molecule is FC1(F)CC(c2nnc3c(Cl)nccn23)CC(C(F)(F)F)C1. The Balaban J connectivity index is 2.00. The Kier molecular flexibility index (Phi) is 3.50. The molecule has 0 saturated heterocycles. The summed E-state index contributed by atoms with van der Waals surface area (Å²) in [6.07, 6.45) is -4.29. The van der Waals surface area contributed by atoms with Crippen molar-refractivity contribution >= 4 is 17.2 Å². The Labute approximate surface area is 126 Å². The highest BCUT2D eigenvalue weighted by molar-refractivity contribution is 6.32. The molecule has 0 spiro atoms. The first-order valence-electron chi connectivity index (χ1n) is 6.47. The zero-order valence-electron chi connectivity index (χ0n) is 11.0. The highest BCUT2D eigenvalue weighted by Crippen LogP contribution is 2.49. The van der Waals surface area contributed by atoms with Crippen LogP contribution in [-0.2, 0) is 0 Å². The van der Waals surface area contributed by atoms with Crippen LogP contribution in [0.25, 0.3) is 5.65 Å². The number of nitrogens with zero attached hydrogens (tertiary/aromatic N) is 4. The minimum atomic E-state index is -4.66. The highest BCUT2D eigenvalue weighted by Gasteiger charge is 2.52. The molecule has 0 aliphatic heterocycles. The molecule has 1 saturated carbocycles. The van der Waals surface area contributed by atoms with Crippen molar-refractivity contribution in [3.8, 4) is 0 Å². The topological polar surface area (TPSA) is 43.1 Å². The van der Waals surface area contributed by atoms with E-state index in [4.69, 9.17) is 11.6 Å². The minimum absolute atomic E-state index is 0.0104. The molecular weight excluding hydrogens is 331 g/mol. The van der Waals surface area contributed by atoms with Crippen molar-refractivity contribution in [2.75, 3.05) is 0 Å². The summed E-state index contributed by atoms with van der Waals surface area (Å²) in [7, 11) is 0. The maximum atomic E-state index is 13.7. The van der Waals surface area contributed by atoms with Crippen molar-refractivity contribution in [2.24, 2.45) is 5.92 Å². The number of halogens is 6. The van der Waals surface area contributed by atoms with Gasteiger partial charge in [0.2, 0.25) is 5.92 Å². The Morgan fingerprint density at radius 1 is 1.23 bits per heavy atom. The lowest BCUT2D eigenvalue weighted by molar-refractivity contribution is -0.209. The first-order chi connectivity index (χ1) is 10.2. The van der Waals surface area contributed by atoms with Gasteiger partial charge in [0.05, 0.1) is 5.92 Å². The summed E-state index contributed by atoms with van der Waals surface area (Å²) in [5, 5.41) is 7.48. The fourth-order valence-corrected chi connectivity index (χ4v) is 3.04. The van der Waals surface area contributed by atoms with Crippen LogP contribution in [0.5, 0.6) is 0 Å². The summed E-state index contributed by atoms with van der Waals surface area (Å²) >= 11 is 5.80. The number of aromatic nitrogens is 4. The molecule has 1 aliphatic carbocycles. The highest BCUT2D eigenvalue weighted by atomic mass is 35.5. The molecule has 10 heteroatoms. The van der Waals surface area contributed by atoms with E-state index in [1.807, 2.05) is 0 Å². The molecule has 0 radical (unpaired) electrons. The van der Waals surface area contributed by atoms with Crippen LogP contribution in [0.1, 0.15) is 31.0 Å². The third-order valence-electron chi connectivity index (χ3n) is 3.80. The number of fused-ring (bicyclic) bond motifs is 1. The molecule has 2 atom stereocenters. The predicted molar refractivity (Wildman–Crippen MR) is 66.9 cm³/mol. The minimum Gasteiger partial charge on any atom is -0.282 e. The molecule has 2 aromatic heterocycles. The van der Waals surface area contributed by atoms with Crippen LogP contribution in [0.3, 0.4) is 0 Å². The van der Waals surface area contributed by atoms with E-state index in [9.17, 15) is 22.0 Å². The van der Waals surface area contributed by atoms with Gasteiger partial charge in [-0.05, 0) is 6.42 Å². The van der Waals surface area contributed by atoms with E-state index in [2.05, 4.69) is 15.2 Å². The van der Waals surface area contributed by atoms with Crippen LogP contribution in [0, 0.1) is 5.92 Å². The van der Waals surface area contributed by atoms with E-state index in [1.54, 1.807) is 0 Å². The van der Waals surface area contributed by atoms with Gasteiger partial charge < -0.3 is 0 Å². The van der Waals surface area contributed by atoms with Crippen LogP contribution in [0.4, 0.5) is 22.0 Å². The van der Waals surface area contributed by atoms with Gasteiger partial charge in [0.15, 0.2) is 10.8 Å². The molecule has 120 valence electrons. The molecule has 3 rings (SSSR count). The van der Waals surface area contributed by atoms with Crippen molar-refractivity contribution in [3.05, 3.63) is 23.4 Å². The van der Waals surface area contributed by atoms with Gasteiger partial charge in [-0.3, -0.25) is 4.40 Å². The van der Waals surface area contributed by atoms with Gasteiger partial charge in [0.25, 0.3) is 0 Å². The molecule has 2 heterocycles. The summed E-state index contributed by atoms with van der Waals surface area (Å²) in [6.45, 7) is 0. The Morgan fingerprint density at radius 2 is 1.95 bits per heavy atom. The molecule has 2 unspecified atom stereocenters. The van der Waals surface area contributed by atoms with Gasteiger partial charge in [-0.25, -0.2) is 13.8 Å². The van der Waals surface area contributed by atoms with Gasteiger partial charge in [-0.15, -0.1) is 10.2 Å². The van der Waals surface area contributed by atoms with Gasteiger partial charge >= 0.3 is 6.18 Å². The van der Waals surface area contributed by atoms with E-state index in [-0.39, 0.29) is 16.6 Å². The molecule has 22 heavy (non-hydrogen) atoms. The molecule has 0 amide bonds. The van der Waals surface area contributed by atoms with Gasteiger partial charge in [-0.1, -0.05) is 11.6 Å². The summed E-state index contributed by atoms with van der Waals surface area (Å²) in [6, 6.07) is 0. The van der Waals surface area contributed by atoms with Crippen LogP contribution >= 0.6 is 11.6 Å². The van der Waals surface area contributed by atoms with E-state index in [0.717, 1.165) is 0 Å². The van der Waals surface area contributed by atoms with Crippen molar-refractivity contribution in [3.63, 3.8) is 0 Å². The van der Waals surface area contributed by atoms with E-state index in [1.165, 1.54) is 16.8 Å². The zero-order valence-corrected chi connectivity index (χ0v) is 11.7. The van der Waals surface area contributed by atoms with Crippen LogP contribution in [0.15, 0.2) is 12.4 Å². The van der Waals surface area contributed by atoms with Gasteiger partial charge in [-0.2, -0.15) is 13.2 Å². The predicted octanol–water partition coefficient (Wildman–Crippen LogP) is 3.86. The van der Waals surface area contributed by atoms with Gasteiger partial charge in [0.1, 0.15) is 5.82 Å². The van der Waals surface area contributed by atoms with Crippen molar-refractivity contribution in [2.45, 2.75) is 37.3 Å². The summed E-state index contributed by atoms with van der Waals surface area (Å²) in [5.41, 5.74) is 0.136. The number of alkyl halides is 5. The van der Waals surface area contributed by atoms with Crippen LogP contribution < -0.4 is 0 Å². The monoisotopic (exact) mass is 340 g/mol. The maximum Gasteiger partial charge on any atom is 0.392 e. The second-order valence-corrected chi connectivity index (χ2v) is 5.76. The van der Waals surface area contributed by atoms with Crippen molar-refractivity contribution < 1.29 is 22.0 Å². The molecule has 1 aliphatic rings. The Bertz CT molecular complexity index is 698. The number of hydrogen-bond donors (Lipinski definition) is 0. The lowest BCUT2D eigenvalue weighted by Gasteiger charge is -2.34. The Morgan fingerprint density at radius 3 is 2.64 bits per heavy atom.